The summed E-state index contributed by atoms with van der Waals surface area (Å²) in [6.45, 7) is 2.74. The summed E-state index contributed by atoms with van der Waals surface area (Å²) in [5.74, 6) is 1.72. The number of pyridine rings is 1. The van der Waals surface area contributed by atoms with E-state index in [1.165, 1.54) is 0 Å². The van der Waals surface area contributed by atoms with Crippen molar-refractivity contribution in [2.45, 2.75) is 32.5 Å². The summed E-state index contributed by atoms with van der Waals surface area (Å²) in [6.07, 6.45) is 5.11. The minimum Gasteiger partial charge on any atom is -0.465 e. The molecule has 5 heteroatoms. The molecular formula is C18H19N3O2. The van der Waals surface area contributed by atoms with Gasteiger partial charge in [-0.1, -0.05) is 12.1 Å². The fraction of sp³-hybridized carbons (Fsp3) is 0.333. The van der Waals surface area contributed by atoms with Crippen LogP contribution in [-0.4, -0.2) is 27.5 Å². The quantitative estimate of drug-likeness (QED) is 0.741. The molecule has 3 aromatic rings. The van der Waals surface area contributed by atoms with E-state index in [2.05, 4.69) is 28.4 Å². The largest absolute Gasteiger partial charge is 0.465 e. The molecule has 0 radical (unpaired) electrons. The Morgan fingerprint density at radius 2 is 2.00 bits per heavy atom. The number of ether oxygens (including phenoxy) is 2. The van der Waals surface area contributed by atoms with Gasteiger partial charge in [-0.3, -0.25) is 4.40 Å². The SMILES string of the molecule is Cc1nnc2c(-c3ccc(OC4CCCCO4)cc3)cccn12. The Hall–Kier alpha value is -2.40. The maximum absolute atomic E-state index is 5.88. The molecule has 1 aliphatic rings. The highest BCUT2D eigenvalue weighted by Crippen LogP contribution is 2.27. The van der Waals surface area contributed by atoms with Gasteiger partial charge in [0, 0.05) is 18.2 Å². The Labute approximate surface area is 134 Å². The number of nitrogens with zero attached hydrogens (tertiary/aromatic N) is 3. The first-order valence-electron chi connectivity index (χ1n) is 8.00. The van der Waals surface area contributed by atoms with Gasteiger partial charge >= 0.3 is 0 Å². The van der Waals surface area contributed by atoms with Crippen LogP contribution >= 0.6 is 0 Å². The first-order chi connectivity index (χ1) is 11.3. The standard InChI is InChI=1S/C18H19N3O2/c1-13-19-20-18-16(5-4-11-21(13)18)14-7-9-15(10-8-14)23-17-6-2-3-12-22-17/h4-5,7-11,17H,2-3,6,12H2,1H3. The van der Waals surface area contributed by atoms with Crippen LogP contribution in [0.2, 0.25) is 0 Å². The van der Waals surface area contributed by atoms with Crippen LogP contribution in [0.5, 0.6) is 5.75 Å². The van der Waals surface area contributed by atoms with E-state index in [4.69, 9.17) is 9.47 Å². The highest BCUT2D eigenvalue weighted by Gasteiger charge is 2.15. The van der Waals surface area contributed by atoms with Crippen LogP contribution in [0.1, 0.15) is 25.1 Å². The normalized spacial score (nSPS) is 18.2. The topological polar surface area (TPSA) is 48.7 Å². The molecular weight excluding hydrogens is 290 g/mol. The average Bonchev–Trinajstić information content (AvgIpc) is 2.98. The molecule has 2 aromatic heterocycles. The number of aromatic nitrogens is 3. The fourth-order valence-electron chi connectivity index (χ4n) is 2.93. The minimum atomic E-state index is -0.114. The zero-order chi connectivity index (χ0) is 15.6. The molecule has 0 aliphatic carbocycles. The number of hydrogen-bond acceptors (Lipinski definition) is 4. The van der Waals surface area contributed by atoms with Crippen molar-refractivity contribution in [2.75, 3.05) is 6.61 Å². The van der Waals surface area contributed by atoms with Crippen LogP contribution in [0.4, 0.5) is 0 Å². The Morgan fingerprint density at radius 3 is 2.78 bits per heavy atom. The summed E-state index contributed by atoms with van der Waals surface area (Å²) >= 11 is 0. The van der Waals surface area contributed by atoms with Crippen LogP contribution in [-0.2, 0) is 4.74 Å². The summed E-state index contributed by atoms with van der Waals surface area (Å²) in [5.41, 5.74) is 3.03. The van der Waals surface area contributed by atoms with Crippen molar-refractivity contribution in [1.29, 1.82) is 0 Å². The molecule has 0 N–H and O–H groups in total. The third-order valence-electron chi connectivity index (χ3n) is 4.18. The molecule has 0 amide bonds. The third kappa shape index (κ3) is 2.80. The minimum absolute atomic E-state index is 0.114. The summed E-state index contributed by atoms with van der Waals surface area (Å²) in [5, 5.41) is 8.42. The molecule has 1 fully saturated rings. The molecule has 23 heavy (non-hydrogen) atoms. The molecule has 0 spiro atoms. The van der Waals surface area contributed by atoms with Gasteiger partial charge in [0.1, 0.15) is 11.6 Å². The molecule has 5 nitrogen and oxygen atoms in total. The van der Waals surface area contributed by atoms with Crippen molar-refractivity contribution in [1.82, 2.24) is 14.6 Å². The van der Waals surface area contributed by atoms with E-state index in [0.29, 0.717) is 0 Å². The summed E-state index contributed by atoms with van der Waals surface area (Å²) < 4.78 is 13.5. The maximum Gasteiger partial charge on any atom is 0.199 e. The van der Waals surface area contributed by atoms with E-state index < -0.39 is 0 Å². The number of benzene rings is 1. The van der Waals surface area contributed by atoms with Crippen LogP contribution in [0, 0.1) is 6.92 Å². The van der Waals surface area contributed by atoms with Gasteiger partial charge in [-0.15, -0.1) is 10.2 Å². The van der Waals surface area contributed by atoms with E-state index >= 15 is 0 Å². The molecule has 118 valence electrons. The molecule has 0 bridgehead atoms. The smallest absolute Gasteiger partial charge is 0.199 e. The van der Waals surface area contributed by atoms with Crippen LogP contribution in [0.25, 0.3) is 16.8 Å². The van der Waals surface area contributed by atoms with Gasteiger partial charge < -0.3 is 9.47 Å². The summed E-state index contributed by atoms with van der Waals surface area (Å²) in [7, 11) is 0. The van der Waals surface area contributed by atoms with Gasteiger partial charge in [0.2, 0.25) is 0 Å². The van der Waals surface area contributed by atoms with Gasteiger partial charge in [-0.2, -0.15) is 0 Å². The molecule has 4 rings (SSSR count). The van der Waals surface area contributed by atoms with Crippen molar-refractivity contribution in [3.8, 4) is 16.9 Å². The molecule has 3 heterocycles. The molecule has 1 aromatic carbocycles. The van der Waals surface area contributed by atoms with Crippen molar-refractivity contribution >= 4 is 5.65 Å². The molecule has 1 atom stereocenters. The second-order valence-electron chi connectivity index (χ2n) is 5.80. The van der Waals surface area contributed by atoms with E-state index in [9.17, 15) is 0 Å². The lowest BCUT2D eigenvalue weighted by Gasteiger charge is -2.23. The van der Waals surface area contributed by atoms with Crippen LogP contribution < -0.4 is 4.74 Å². The van der Waals surface area contributed by atoms with Crippen LogP contribution in [0.3, 0.4) is 0 Å². The lowest BCUT2D eigenvalue weighted by Crippen LogP contribution is -2.24. The van der Waals surface area contributed by atoms with E-state index in [1.807, 2.05) is 35.7 Å². The summed E-state index contributed by atoms with van der Waals surface area (Å²) in [4.78, 5) is 0. The Morgan fingerprint density at radius 1 is 1.13 bits per heavy atom. The summed E-state index contributed by atoms with van der Waals surface area (Å²) in [6, 6.07) is 12.2. The van der Waals surface area contributed by atoms with E-state index in [0.717, 1.165) is 54.2 Å². The average molecular weight is 309 g/mol. The number of rotatable bonds is 3. The highest BCUT2D eigenvalue weighted by atomic mass is 16.7. The zero-order valence-electron chi connectivity index (χ0n) is 13.1. The first-order valence-corrected chi connectivity index (χ1v) is 8.00. The van der Waals surface area contributed by atoms with E-state index in [1.54, 1.807) is 0 Å². The number of aryl methyl sites for hydroxylation is 1. The Balaban J connectivity index is 1.59. The van der Waals surface area contributed by atoms with Crippen molar-refractivity contribution in [3.05, 3.63) is 48.4 Å². The van der Waals surface area contributed by atoms with Gasteiger partial charge in [0.25, 0.3) is 0 Å². The lowest BCUT2D eigenvalue weighted by molar-refractivity contribution is -0.105. The van der Waals surface area contributed by atoms with Crippen molar-refractivity contribution in [3.63, 3.8) is 0 Å². The monoisotopic (exact) mass is 309 g/mol. The van der Waals surface area contributed by atoms with Gasteiger partial charge in [-0.25, -0.2) is 0 Å². The molecule has 1 unspecified atom stereocenters. The number of hydrogen-bond donors (Lipinski definition) is 0. The van der Waals surface area contributed by atoms with Crippen molar-refractivity contribution in [2.24, 2.45) is 0 Å². The second kappa shape index (κ2) is 6.01. The van der Waals surface area contributed by atoms with E-state index in [-0.39, 0.29) is 6.29 Å². The number of fused-ring (bicyclic) bond motifs is 1. The van der Waals surface area contributed by atoms with Gasteiger partial charge in [0.15, 0.2) is 11.9 Å². The molecule has 1 aliphatic heterocycles. The first kappa shape index (κ1) is 14.2. The predicted octanol–water partition coefficient (Wildman–Crippen LogP) is 3.61. The Bertz CT molecular complexity index is 805. The van der Waals surface area contributed by atoms with Crippen LogP contribution in [0.15, 0.2) is 42.6 Å². The highest BCUT2D eigenvalue weighted by molar-refractivity contribution is 5.77. The predicted molar refractivity (Wildman–Crippen MR) is 87.4 cm³/mol. The third-order valence-corrected chi connectivity index (χ3v) is 4.18. The lowest BCUT2D eigenvalue weighted by atomic mass is 10.1. The van der Waals surface area contributed by atoms with Gasteiger partial charge in [-0.05, 0) is 49.6 Å². The zero-order valence-corrected chi connectivity index (χ0v) is 13.1. The second-order valence-corrected chi connectivity index (χ2v) is 5.80. The fourth-order valence-corrected chi connectivity index (χ4v) is 2.93. The molecule has 1 saturated heterocycles. The van der Waals surface area contributed by atoms with Crippen molar-refractivity contribution < 1.29 is 9.47 Å². The van der Waals surface area contributed by atoms with Gasteiger partial charge in [0.05, 0.1) is 6.61 Å². The Kier molecular flexibility index (Phi) is 3.71. The maximum atomic E-state index is 5.88. The molecule has 0 saturated carbocycles.